The van der Waals surface area contributed by atoms with Crippen molar-refractivity contribution in [2.45, 2.75) is 6.92 Å². The summed E-state index contributed by atoms with van der Waals surface area (Å²) < 4.78 is 5.15. The van der Waals surface area contributed by atoms with Gasteiger partial charge in [0.1, 0.15) is 11.6 Å². The van der Waals surface area contributed by atoms with Crippen LogP contribution in [0.3, 0.4) is 0 Å². The molecule has 4 nitrogen and oxygen atoms in total. The molecular weight excluding hydrogens is 202 g/mol. The third-order valence-electron chi connectivity index (χ3n) is 2.39. The molecule has 0 spiro atoms. The number of anilines is 1. The standard InChI is InChI=1S/C12H13N3O/c1-8-7-9(16-2)3-4-10(8)11-5-6-12(13)15-14-11/h3-7H,1-2H3,(H2,13,15). The first-order valence-corrected chi connectivity index (χ1v) is 4.95. The largest absolute Gasteiger partial charge is 0.497 e. The summed E-state index contributed by atoms with van der Waals surface area (Å²) in [5.41, 5.74) is 8.44. The highest BCUT2D eigenvalue weighted by Crippen LogP contribution is 2.24. The van der Waals surface area contributed by atoms with E-state index >= 15 is 0 Å². The van der Waals surface area contributed by atoms with E-state index in [1.165, 1.54) is 0 Å². The fraction of sp³-hybridized carbons (Fsp3) is 0.167. The molecule has 0 fully saturated rings. The Labute approximate surface area is 94.1 Å². The Morgan fingerprint density at radius 3 is 2.50 bits per heavy atom. The number of hydrogen-bond acceptors (Lipinski definition) is 4. The predicted octanol–water partition coefficient (Wildman–Crippen LogP) is 2.04. The molecule has 0 aliphatic carbocycles. The van der Waals surface area contributed by atoms with E-state index in [0.29, 0.717) is 5.82 Å². The summed E-state index contributed by atoms with van der Waals surface area (Å²) in [7, 11) is 1.65. The first-order chi connectivity index (χ1) is 7.70. The van der Waals surface area contributed by atoms with Crippen molar-refractivity contribution in [3.63, 3.8) is 0 Å². The van der Waals surface area contributed by atoms with Crippen LogP contribution in [-0.4, -0.2) is 17.3 Å². The van der Waals surface area contributed by atoms with Gasteiger partial charge in [0.25, 0.3) is 0 Å². The van der Waals surface area contributed by atoms with Gasteiger partial charge < -0.3 is 10.5 Å². The molecule has 2 aromatic rings. The summed E-state index contributed by atoms with van der Waals surface area (Å²) in [5, 5.41) is 7.88. The highest BCUT2D eigenvalue weighted by molar-refractivity contribution is 5.64. The van der Waals surface area contributed by atoms with Gasteiger partial charge in [0.2, 0.25) is 0 Å². The Balaban J connectivity index is 2.44. The molecule has 2 rings (SSSR count). The van der Waals surface area contributed by atoms with Crippen molar-refractivity contribution >= 4 is 5.82 Å². The second kappa shape index (κ2) is 4.18. The average Bonchev–Trinajstić information content (AvgIpc) is 2.30. The number of aromatic nitrogens is 2. The molecular formula is C12H13N3O. The number of methoxy groups -OCH3 is 1. The SMILES string of the molecule is COc1ccc(-c2ccc(N)nn2)c(C)c1. The number of nitrogens with zero attached hydrogens (tertiary/aromatic N) is 2. The molecule has 0 saturated carbocycles. The van der Waals surface area contributed by atoms with Crippen molar-refractivity contribution in [1.82, 2.24) is 10.2 Å². The minimum Gasteiger partial charge on any atom is -0.497 e. The van der Waals surface area contributed by atoms with Crippen LogP contribution in [0.15, 0.2) is 30.3 Å². The summed E-state index contributed by atoms with van der Waals surface area (Å²) in [6.07, 6.45) is 0. The van der Waals surface area contributed by atoms with Crippen LogP contribution in [0.25, 0.3) is 11.3 Å². The zero-order valence-corrected chi connectivity index (χ0v) is 9.27. The third kappa shape index (κ3) is 1.95. The van der Waals surface area contributed by atoms with Crippen LogP contribution in [0.1, 0.15) is 5.56 Å². The molecule has 1 aromatic heterocycles. The van der Waals surface area contributed by atoms with Gasteiger partial charge in [-0.25, -0.2) is 0 Å². The number of hydrogen-bond donors (Lipinski definition) is 1. The lowest BCUT2D eigenvalue weighted by atomic mass is 10.1. The van der Waals surface area contributed by atoms with Crippen LogP contribution in [0, 0.1) is 6.92 Å². The van der Waals surface area contributed by atoms with E-state index in [1.807, 2.05) is 31.2 Å². The number of ether oxygens (including phenoxy) is 1. The van der Waals surface area contributed by atoms with Crippen LogP contribution in [0.2, 0.25) is 0 Å². The zero-order valence-electron chi connectivity index (χ0n) is 9.27. The summed E-state index contributed by atoms with van der Waals surface area (Å²) in [6.45, 7) is 2.01. The van der Waals surface area contributed by atoms with Gasteiger partial charge >= 0.3 is 0 Å². The predicted molar refractivity (Wildman–Crippen MR) is 63.2 cm³/mol. The van der Waals surface area contributed by atoms with Crippen molar-refractivity contribution in [1.29, 1.82) is 0 Å². The smallest absolute Gasteiger partial charge is 0.146 e. The molecule has 0 aliphatic heterocycles. The molecule has 2 N–H and O–H groups in total. The lowest BCUT2D eigenvalue weighted by Crippen LogP contribution is -1.95. The van der Waals surface area contributed by atoms with E-state index in [1.54, 1.807) is 13.2 Å². The van der Waals surface area contributed by atoms with E-state index in [0.717, 1.165) is 22.6 Å². The molecule has 1 heterocycles. The molecule has 0 aliphatic rings. The van der Waals surface area contributed by atoms with Crippen molar-refractivity contribution in [2.24, 2.45) is 0 Å². The first-order valence-electron chi connectivity index (χ1n) is 4.95. The maximum Gasteiger partial charge on any atom is 0.146 e. The van der Waals surface area contributed by atoms with Crippen LogP contribution in [-0.2, 0) is 0 Å². The van der Waals surface area contributed by atoms with E-state index in [4.69, 9.17) is 10.5 Å². The minimum absolute atomic E-state index is 0.426. The monoisotopic (exact) mass is 215 g/mol. The van der Waals surface area contributed by atoms with E-state index in [9.17, 15) is 0 Å². The lowest BCUT2D eigenvalue weighted by molar-refractivity contribution is 0.414. The summed E-state index contributed by atoms with van der Waals surface area (Å²) in [4.78, 5) is 0. The Hall–Kier alpha value is -2.10. The number of aryl methyl sites for hydroxylation is 1. The fourth-order valence-electron chi connectivity index (χ4n) is 1.54. The van der Waals surface area contributed by atoms with Crippen LogP contribution in [0.5, 0.6) is 5.75 Å². The third-order valence-corrected chi connectivity index (χ3v) is 2.39. The number of benzene rings is 1. The lowest BCUT2D eigenvalue weighted by Gasteiger charge is -2.06. The Morgan fingerprint density at radius 1 is 1.12 bits per heavy atom. The summed E-state index contributed by atoms with van der Waals surface area (Å²) in [5.74, 6) is 1.26. The molecule has 4 heteroatoms. The van der Waals surface area contributed by atoms with Crippen molar-refractivity contribution < 1.29 is 4.74 Å². The maximum absolute atomic E-state index is 5.49. The van der Waals surface area contributed by atoms with Gasteiger partial charge in [0, 0.05) is 5.56 Å². The Morgan fingerprint density at radius 2 is 1.94 bits per heavy atom. The number of nitrogens with two attached hydrogens (primary N) is 1. The second-order valence-corrected chi connectivity index (χ2v) is 3.52. The molecule has 0 bridgehead atoms. The number of rotatable bonds is 2. The normalized spacial score (nSPS) is 10.1. The quantitative estimate of drug-likeness (QED) is 0.832. The van der Waals surface area contributed by atoms with Crippen LogP contribution in [0.4, 0.5) is 5.82 Å². The molecule has 0 radical (unpaired) electrons. The van der Waals surface area contributed by atoms with Crippen molar-refractivity contribution in [2.75, 3.05) is 12.8 Å². The highest BCUT2D eigenvalue weighted by atomic mass is 16.5. The summed E-state index contributed by atoms with van der Waals surface area (Å²) in [6, 6.07) is 9.44. The van der Waals surface area contributed by atoms with Gasteiger partial charge in [0.15, 0.2) is 0 Å². The van der Waals surface area contributed by atoms with Gasteiger partial charge in [-0.05, 0) is 42.8 Å². The zero-order chi connectivity index (χ0) is 11.5. The van der Waals surface area contributed by atoms with E-state index in [2.05, 4.69) is 10.2 Å². The Kier molecular flexibility index (Phi) is 2.72. The molecule has 0 saturated heterocycles. The minimum atomic E-state index is 0.426. The second-order valence-electron chi connectivity index (χ2n) is 3.52. The maximum atomic E-state index is 5.49. The fourth-order valence-corrected chi connectivity index (χ4v) is 1.54. The van der Waals surface area contributed by atoms with Crippen molar-refractivity contribution in [3.05, 3.63) is 35.9 Å². The van der Waals surface area contributed by atoms with Crippen LogP contribution < -0.4 is 10.5 Å². The van der Waals surface area contributed by atoms with Gasteiger partial charge in [0.05, 0.1) is 12.8 Å². The molecule has 16 heavy (non-hydrogen) atoms. The molecule has 0 amide bonds. The van der Waals surface area contributed by atoms with Crippen molar-refractivity contribution in [3.8, 4) is 17.0 Å². The van der Waals surface area contributed by atoms with E-state index < -0.39 is 0 Å². The average molecular weight is 215 g/mol. The molecule has 0 atom stereocenters. The summed E-state index contributed by atoms with van der Waals surface area (Å²) >= 11 is 0. The highest BCUT2D eigenvalue weighted by Gasteiger charge is 2.04. The Bertz CT molecular complexity index is 494. The first kappa shape index (κ1) is 10.4. The van der Waals surface area contributed by atoms with E-state index in [-0.39, 0.29) is 0 Å². The van der Waals surface area contributed by atoms with Gasteiger partial charge in [-0.1, -0.05) is 0 Å². The van der Waals surface area contributed by atoms with Gasteiger partial charge in [-0.3, -0.25) is 0 Å². The molecule has 82 valence electrons. The molecule has 0 unspecified atom stereocenters. The van der Waals surface area contributed by atoms with Crippen LogP contribution >= 0.6 is 0 Å². The number of nitrogen functional groups attached to an aromatic ring is 1. The van der Waals surface area contributed by atoms with Gasteiger partial charge in [-0.2, -0.15) is 0 Å². The van der Waals surface area contributed by atoms with Gasteiger partial charge in [-0.15, -0.1) is 10.2 Å². The molecule has 1 aromatic carbocycles. The topological polar surface area (TPSA) is 61.0 Å².